The molecule has 0 saturated carbocycles. The van der Waals surface area contributed by atoms with Crippen molar-refractivity contribution in [1.82, 2.24) is 10.2 Å². The Morgan fingerprint density at radius 2 is 1.93 bits per heavy atom. The first kappa shape index (κ1) is 13.2. The van der Waals surface area contributed by atoms with E-state index < -0.39 is 0 Å². The van der Waals surface area contributed by atoms with E-state index >= 15 is 0 Å². The predicted molar refractivity (Wildman–Crippen MR) is 66.5 cm³/mol. The molecule has 2 aliphatic rings. The van der Waals surface area contributed by atoms with Gasteiger partial charge in [0.25, 0.3) is 0 Å². The Morgan fingerprint density at radius 3 is 2.47 bits per heavy atom. The van der Waals surface area contributed by atoms with E-state index in [1.54, 1.807) is 0 Å². The van der Waals surface area contributed by atoms with Gasteiger partial charge < -0.3 is 11.1 Å². The third kappa shape index (κ3) is 3.59. The fourth-order valence-electron chi connectivity index (χ4n) is 2.70. The van der Waals surface area contributed by atoms with Crippen LogP contribution in [0.2, 0.25) is 0 Å². The quantitative estimate of drug-likeness (QED) is 0.743. The van der Waals surface area contributed by atoms with Crippen molar-refractivity contribution in [3.63, 3.8) is 0 Å². The third-order valence-corrected chi connectivity index (χ3v) is 3.77. The largest absolute Gasteiger partial charge is 0.330 e. The number of likely N-dealkylation sites (tertiary alicyclic amines) is 1. The Balaban J connectivity index is 0.00000112. The second-order valence-corrected chi connectivity index (χ2v) is 4.72. The van der Waals surface area contributed by atoms with E-state index in [9.17, 15) is 0 Å². The molecule has 3 N–H and O–H groups in total. The van der Waals surface area contributed by atoms with Crippen LogP contribution in [0.3, 0.4) is 0 Å². The molecule has 0 spiro atoms. The van der Waals surface area contributed by atoms with Crippen molar-refractivity contribution in [2.45, 2.75) is 31.7 Å². The van der Waals surface area contributed by atoms with Gasteiger partial charge in [-0.05, 0) is 57.8 Å². The first-order chi connectivity index (χ1) is 6.90. The van der Waals surface area contributed by atoms with Crippen molar-refractivity contribution in [3.05, 3.63) is 0 Å². The van der Waals surface area contributed by atoms with Crippen LogP contribution in [0, 0.1) is 5.92 Å². The van der Waals surface area contributed by atoms with E-state index in [4.69, 9.17) is 5.73 Å². The zero-order valence-electron chi connectivity index (χ0n) is 9.45. The molecule has 0 aromatic carbocycles. The number of rotatable bonds is 2. The van der Waals surface area contributed by atoms with Gasteiger partial charge >= 0.3 is 0 Å². The molecule has 0 aliphatic carbocycles. The average Bonchev–Trinajstić information content (AvgIpc) is 2.30. The number of nitrogens with two attached hydrogens (primary N) is 1. The fourth-order valence-corrected chi connectivity index (χ4v) is 2.70. The van der Waals surface area contributed by atoms with Crippen LogP contribution in [-0.4, -0.2) is 43.7 Å². The summed E-state index contributed by atoms with van der Waals surface area (Å²) >= 11 is 0. The van der Waals surface area contributed by atoms with Crippen LogP contribution in [0.4, 0.5) is 0 Å². The van der Waals surface area contributed by atoms with Crippen molar-refractivity contribution in [3.8, 4) is 0 Å². The predicted octanol–water partition coefficient (Wildman–Crippen LogP) is 0.831. The summed E-state index contributed by atoms with van der Waals surface area (Å²) in [6.45, 7) is 5.85. The van der Waals surface area contributed by atoms with E-state index in [0.29, 0.717) is 0 Å². The zero-order valence-corrected chi connectivity index (χ0v) is 10.3. The van der Waals surface area contributed by atoms with E-state index in [2.05, 4.69) is 10.2 Å². The molecule has 15 heavy (non-hydrogen) atoms. The first-order valence-electron chi connectivity index (χ1n) is 6.05. The minimum absolute atomic E-state index is 0. The Labute approximate surface area is 99.2 Å². The van der Waals surface area contributed by atoms with Gasteiger partial charge in [-0.25, -0.2) is 0 Å². The second kappa shape index (κ2) is 6.69. The molecule has 0 aromatic heterocycles. The van der Waals surface area contributed by atoms with Gasteiger partial charge in [0.1, 0.15) is 0 Å². The molecular weight excluding hydrogens is 210 g/mol. The molecule has 0 aromatic rings. The lowest BCUT2D eigenvalue weighted by Gasteiger charge is -2.39. The summed E-state index contributed by atoms with van der Waals surface area (Å²) in [6, 6.07) is 0.808. The minimum atomic E-state index is 0. The topological polar surface area (TPSA) is 41.3 Å². The normalized spacial score (nSPS) is 29.8. The third-order valence-electron chi connectivity index (χ3n) is 3.77. The fraction of sp³-hybridized carbons (Fsp3) is 1.00. The summed E-state index contributed by atoms with van der Waals surface area (Å²) in [5.41, 5.74) is 5.70. The maximum atomic E-state index is 5.70. The van der Waals surface area contributed by atoms with E-state index in [1.807, 2.05) is 0 Å². The molecule has 3 nitrogen and oxygen atoms in total. The molecule has 90 valence electrons. The standard InChI is InChI=1S/C11H23N3.ClH/c12-8-10-3-6-14(7-4-10)11-2-1-5-13-9-11;/h10-11,13H,1-9,12H2;1H. The van der Waals surface area contributed by atoms with Gasteiger partial charge in [0.2, 0.25) is 0 Å². The highest BCUT2D eigenvalue weighted by Gasteiger charge is 2.25. The lowest BCUT2D eigenvalue weighted by Crippen LogP contribution is -2.49. The molecule has 1 atom stereocenters. The van der Waals surface area contributed by atoms with E-state index in [0.717, 1.165) is 18.5 Å². The highest BCUT2D eigenvalue weighted by Crippen LogP contribution is 2.20. The smallest absolute Gasteiger partial charge is 0.0221 e. The molecule has 0 radical (unpaired) electrons. The van der Waals surface area contributed by atoms with Gasteiger partial charge in [0.15, 0.2) is 0 Å². The lowest BCUT2D eigenvalue weighted by molar-refractivity contribution is 0.116. The maximum absolute atomic E-state index is 5.70. The summed E-state index contributed by atoms with van der Waals surface area (Å²) in [5.74, 6) is 0.794. The van der Waals surface area contributed by atoms with Crippen LogP contribution >= 0.6 is 12.4 Å². The van der Waals surface area contributed by atoms with Crippen LogP contribution in [0.15, 0.2) is 0 Å². The minimum Gasteiger partial charge on any atom is -0.330 e. The highest BCUT2D eigenvalue weighted by atomic mass is 35.5. The summed E-state index contributed by atoms with van der Waals surface area (Å²) in [5, 5.41) is 3.49. The summed E-state index contributed by atoms with van der Waals surface area (Å²) < 4.78 is 0. The van der Waals surface area contributed by atoms with Crippen molar-refractivity contribution < 1.29 is 0 Å². The van der Waals surface area contributed by atoms with E-state index in [1.165, 1.54) is 51.9 Å². The summed E-state index contributed by atoms with van der Waals surface area (Å²) in [4.78, 5) is 2.66. The van der Waals surface area contributed by atoms with Gasteiger partial charge in [-0.15, -0.1) is 12.4 Å². The summed E-state index contributed by atoms with van der Waals surface area (Å²) in [6.07, 6.45) is 5.36. The van der Waals surface area contributed by atoms with Gasteiger partial charge in [-0.1, -0.05) is 0 Å². The molecule has 2 saturated heterocycles. The average molecular weight is 234 g/mol. The lowest BCUT2D eigenvalue weighted by atomic mass is 9.94. The van der Waals surface area contributed by atoms with Crippen LogP contribution < -0.4 is 11.1 Å². The molecule has 4 heteroatoms. The van der Waals surface area contributed by atoms with Crippen molar-refractivity contribution in [1.29, 1.82) is 0 Å². The van der Waals surface area contributed by atoms with Crippen molar-refractivity contribution in [2.75, 3.05) is 32.7 Å². The van der Waals surface area contributed by atoms with Crippen molar-refractivity contribution in [2.24, 2.45) is 11.7 Å². The molecule has 0 amide bonds. The van der Waals surface area contributed by atoms with Gasteiger partial charge in [0.05, 0.1) is 0 Å². The Hall–Kier alpha value is 0.170. The number of piperidine rings is 2. The molecule has 0 bridgehead atoms. The van der Waals surface area contributed by atoms with E-state index in [-0.39, 0.29) is 12.4 Å². The van der Waals surface area contributed by atoms with Crippen LogP contribution in [-0.2, 0) is 0 Å². The molecule has 1 unspecified atom stereocenters. The second-order valence-electron chi connectivity index (χ2n) is 4.72. The molecule has 2 heterocycles. The molecule has 2 aliphatic heterocycles. The number of nitrogens with one attached hydrogen (secondary N) is 1. The number of hydrogen-bond donors (Lipinski definition) is 2. The number of halogens is 1. The van der Waals surface area contributed by atoms with Gasteiger partial charge in [-0.3, -0.25) is 4.90 Å². The Morgan fingerprint density at radius 1 is 1.20 bits per heavy atom. The van der Waals surface area contributed by atoms with Crippen molar-refractivity contribution >= 4 is 12.4 Å². The Bertz CT molecular complexity index is 163. The highest BCUT2D eigenvalue weighted by molar-refractivity contribution is 5.85. The van der Waals surface area contributed by atoms with Gasteiger partial charge in [0, 0.05) is 12.6 Å². The summed E-state index contributed by atoms with van der Waals surface area (Å²) in [7, 11) is 0. The number of hydrogen-bond acceptors (Lipinski definition) is 3. The molecular formula is C11H24ClN3. The molecule has 2 rings (SSSR count). The van der Waals surface area contributed by atoms with Crippen LogP contribution in [0.5, 0.6) is 0 Å². The molecule has 2 fully saturated rings. The van der Waals surface area contributed by atoms with Gasteiger partial charge in [-0.2, -0.15) is 0 Å². The number of nitrogens with zero attached hydrogens (tertiary/aromatic N) is 1. The van der Waals surface area contributed by atoms with Crippen LogP contribution in [0.25, 0.3) is 0 Å². The first-order valence-corrected chi connectivity index (χ1v) is 6.05. The SMILES string of the molecule is Cl.NCC1CCN(C2CCCNC2)CC1. The maximum Gasteiger partial charge on any atom is 0.0221 e. The van der Waals surface area contributed by atoms with Crippen LogP contribution in [0.1, 0.15) is 25.7 Å². The monoisotopic (exact) mass is 233 g/mol. The Kier molecular flexibility index (Phi) is 5.90. The zero-order chi connectivity index (χ0) is 9.80.